The van der Waals surface area contributed by atoms with Crippen LogP contribution >= 0.6 is 0 Å². The average Bonchev–Trinajstić information content (AvgIpc) is 3.13. The molecule has 0 radical (unpaired) electrons. The van der Waals surface area contributed by atoms with Gasteiger partial charge in [-0.25, -0.2) is 9.59 Å². The second-order valence-electron chi connectivity index (χ2n) is 5.91. The molecule has 2 amide bonds. The summed E-state index contributed by atoms with van der Waals surface area (Å²) in [6.07, 6.45) is -5.53. The normalized spacial score (nSPS) is 42.1. The van der Waals surface area contributed by atoms with E-state index in [0.717, 1.165) is 0 Å². The lowest BCUT2D eigenvalue weighted by Gasteiger charge is -2.28. The van der Waals surface area contributed by atoms with Gasteiger partial charge in [0, 0.05) is 14.2 Å². The molecule has 0 aliphatic carbocycles. The first-order valence-corrected chi connectivity index (χ1v) is 7.20. The zero-order valence-corrected chi connectivity index (χ0v) is 13.2. The van der Waals surface area contributed by atoms with E-state index in [9.17, 15) is 9.59 Å². The number of hydrogen-bond acceptors (Lipinski definition) is 8. The van der Waals surface area contributed by atoms with E-state index in [1.807, 2.05) is 0 Å². The van der Waals surface area contributed by atoms with Gasteiger partial charge in [-0.1, -0.05) is 0 Å². The van der Waals surface area contributed by atoms with Gasteiger partial charge in [0.15, 0.2) is 30.5 Å². The maximum Gasteiger partial charge on any atom is 0.409 e. The largest absolute Gasteiger partial charge is 0.438 e. The van der Waals surface area contributed by atoms with Crippen molar-refractivity contribution in [2.75, 3.05) is 14.2 Å². The molecular formula is C13H20N2O8. The maximum atomic E-state index is 11.5. The Kier molecular flexibility index (Phi) is 4.08. The fraction of sp³-hybridized carbons (Fsp3) is 0.846. The summed E-state index contributed by atoms with van der Waals surface area (Å²) in [6, 6.07) is 0. The molecular weight excluding hydrogens is 312 g/mol. The zero-order chi connectivity index (χ0) is 16.8. The highest BCUT2D eigenvalue weighted by Crippen LogP contribution is 2.37. The molecule has 10 heteroatoms. The Hall–Kier alpha value is -1.62. The first-order valence-electron chi connectivity index (χ1n) is 7.20. The van der Waals surface area contributed by atoms with Crippen LogP contribution in [0.1, 0.15) is 13.8 Å². The molecule has 0 aromatic rings. The summed E-state index contributed by atoms with van der Waals surface area (Å²) in [7, 11) is 2.88. The minimum atomic E-state index is -0.949. The van der Waals surface area contributed by atoms with E-state index in [4.69, 9.17) is 28.4 Å². The molecule has 0 unspecified atom stereocenters. The number of carbonyl (C=O) groups is 2. The van der Waals surface area contributed by atoms with Gasteiger partial charge in [-0.15, -0.1) is 0 Å². The minimum Gasteiger partial charge on any atom is -0.438 e. The highest BCUT2D eigenvalue weighted by atomic mass is 16.8. The van der Waals surface area contributed by atoms with Crippen molar-refractivity contribution in [3.8, 4) is 0 Å². The average molecular weight is 332 g/mol. The van der Waals surface area contributed by atoms with Crippen LogP contribution in [0.5, 0.6) is 0 Å². The number of alkyl carbamates (subject to hydrolysis) is 2. The minimum absolute atomic E-state index is 0.612. The highest BCUT2D eigenvalue weighted by Gasteiger charge is 2.58. The summed E-state index contributed by atoms with van der Waals surface area (Å²) in [5.74, 6) is -0.949. The van der Waals surface area contributed by atoms with Crippen molar-refractivity contribution < 1.29 is 38.0 Å². The van der Waals surface area contributed by atoms with Crippen molar-refractivity contribution in [1.29, 1.82) is 0 Å². The lowest BCUT2D eigenvalue weighted by atomic mass is 10.0. The van der Waals surface area contributed by atoms with Crippen LogP contribution in [-0.2, 0) is 28.4 Å². The third-order valence-electron chi connectivity index (χ3n) is 3.92. The summed E-state index contributed by atoms with van der Waals surface area (Å²) in [6.45, 7) is 3.44. The van der Waals surface area contributed by atoms with E-state index in [1.165, 1.54) is 14.2 Å². The van der Waals surface area contributed by atoms with Crippen LogP contribution in [0, 0.1) is 0 Å². The Labute approximate surface area is 132 Å². The third-order valence-corrected chi connectivity index (χ3v) is 3.92. The Morgan fingerprint density at radius 2 is 1.22 bits per heavy atom. The number of carbonyl (C=O) groups excluding carboxylic acids is 2. The van der Waals surface area contributed by atoms with E-state index in [2.05, 4.69) is 10.6 Å². The molecule has 3 saturated heterocycles. The van der Waals surface area contributed by atoms with E-state index in [0.29, 0.717) is 0 Å². The molecule has 23 heavy (non-hydrogen) atoms. The van der Waals surface area contributed by atoms with Gasteiger partial charge < -0.3 is 28.4 Å². The van der Waals surface area contributed by atoms with Crippen molar-refractivity contribution in [1.82, 2.24) is 10.6 Å². The maximum absolute atomic E-state index is 11.5. The number of hydrogen-bond donors (Lipinski definition) is 2. The number of nitrogens with one attached hydrogen (secondary N) is 2. The summed E-state index contributed by atoms with van der Waals surface area (Å²) in [5, 5.41) is 5.06. The Balaban J connectivity index is 1.85. The summed E-state index contributed by atoms with van der Waals surface area (Å²) in [4.78, 5) is 23.0. The Bertz CT molecular complexity index is 456. The van der Waals surface area contributed by atoms with E-state index < -0.39 is 54.8 Å². The predicted molar refractivity (Wildman–Crippen MR) is 72.2 cm³/mol. The number of ether oxygens (including phenoxy) is 6. The standard InChI is InChI=1S/C13H20N2O8/c1-13(2)22-5(7-9(18-3)14-11(16)20-7)6(23-13)8-10(19-4)15-12(17)21-8/h5-10H,1-4H3,(H,14,16)(H,15,17)/t5-,6-,7-,8-,9-,10-/m0/s1. The first kappa shape index (κ1) is 16.2. The number of rotatable bonds is 4. The number of amides is 2. The SMILES string of the molecule is CO[C@@H]1NC(=O)O[C@H]1[C@H]1OC(C)(C)O[C@@H]1[C@@H]1OC(=O)N[C@H]1OC. The van der Waals surface area contributed by atoms with Crippen molar-refractivity contribution in [3.63, 3.8) is 0 Å². The van der Waals surface area contributed by atoms with Crippen molar-refractivity contribution in [3.05, 3.63) is 0 Å². The lowest BCUT2D eigenvalue weighted by molar-refractivity contribution is -0.165. The van der Waals surface area contributed by atoms with Crippen molar-refractivity contribution in [2.45, 2.75) is 56.5 Å². The quantitative estimate of drug-likeness (QED) is 0.719. The third kappa shape index (κ3) is 2.94. The number of cyclic esters (lactones) is 2. The van der Waals surface area contributed by atoms with Crippen LogP contribution in [0.15, 0.2) is 0 Å². The molecule has 6 atom stereocenters. The van der Waals surface area contributed by atoms with Gasteiger partial charge in [-0.05, 0) is 13.8 Å². The van der Waals surface area contributed by atoms with Gasteiger partial charge in [-0.3, -0.25) is 10.6 Å². The van der Waals surface area contributed by atoms with Gasteiger partial charge in [0.05, 0.1) is 0 Å². The van der Waals surface area contributed by atoms with Gasteiger partial charge >= 0.3 is 12.2 Å². The van der Waals surface area contributed by atoms with Gasteiger partial charge in [0.1, 0.15) is 12.2 Å². The first-order chi connectivity index (χ1) is 10.8. The smallest absolute Gasteiger partial charge is 0.409 e. The van der Waals surface area contributed by atoms with Crippen LogP contribution in [0.2, 0.25) is 0 Å². The fourth-order valence-electron chi connectivity index (χ4n) is 3.03. The molecule has 10 nitrogen and oxygen atoms in total. The topological polar surface area (TPSA) is 114 Å². The molecule has 3 aliphatic rings. The highest BCUT2D eigenvalue weighted by molar-refractivity contribution is 5.70. The van der Waals surface area contributed by atoms with Crippen LogP contribution in [0.25, 0.3) is 0 Å². The molecule has 0 saturated carbocycles. The molecule has 3 rings (SSSR count). The van der Waals surface area contributed by atoms with Gasteiger partial charge in [0.25, 0.3) is 0 Å². The molecule has 0 aromatic carbocycles. The molecule has 3 fully saturated rings. The van der Waals surface area contributed by atoms with Crippen LogP contribution in [-0.4, -0.2) is 69.1 Å². The Morgan fingerprint density at radius 3 is 1.57 bits per heavy atom. The van der Waals surface area contributed by atoms with Crippen molar-refractivity contribution >= 4 is 12.2 Å². The van der Waals surface area contributed by atoms with E-state index >= 15 is 0 Å². The van der Waals surface area contributed by atoms with Crippen LogP contribution < -0.4 is 10.6 Å². The molecule has 0 spiro atoms. The predicted octanol–water partition coefficient (Wildman–Crippen LogP) is -0.332. The Morgan fingerprint density at radius 1 is 0.826 bits per heavy atom. The fourth-order valence-corrected chi connectivity index (χ4v) is 3.03. The molecule has 2 N–H and O–H groups in total. The van der Waals surface area contributed by atoms with E-state index in [1.54, 1.807) is 13.8 Å². The van der Waals surface area contributed by atoms with Gasteiger partial charge in [0.2, 0.25) is 0 Å². The van der Waals surface area contributed by atoms with Gasteiger partial charge in [-0.2, -0.15) is 0 Å². The van der Waals surface area contributed by atoms with E-state index in [-0.39, 0.29) is 0 Å². The monoisotopic (exact) mass is 332 g/mol. The summed E-state index contributed by atoms with van der Waals surface area (Å²) < 4.78 is 32.7. The van der Waals surface area contributed by atoms with Crippen molar-refractivity contribution in [2.24, 2.45) is 0 Å². The second kappa shape index (κ2) is 5.78. The van der Waals surface area contributed by atoms with Crippen LogP contribution in [0.3, 0.4) is 0 Å². The van der Waals surface area contributed by atoms with Crippen LogP contribution in [0.4, 0.5) is 9.59 Å². The molecule has 3 aliphatic heterocycles. The molecule has 0 aromatic heterocycles. The molecule has 130 valence electrons. The molecule has 3 heterocycles. The number of methoxy groups -OCH3 is 2. The lowest BCUT2D eigenvalue weighted by Crippen LogP contribution is -2.51. The summed E-state index contributed by atoms with van der Waals surface area (Å²) in [5.41, 5.74) is 0. The summed E-state index contributed by atoms with van der Waals surface area (Å²) >= 11 is 0. The zero-order valence-electron chi connectivity index (χ0n) is 13.2. The molecule has 0 bridgehead atoms. The second-order valence-corrected chi connectivity index (χ2v) is 5.91.